The Hall–Kier alpha value is -2.60. The van der Waals surface area contributed by atoms with E-state index in [1.54, 1.807) is 6.20 Å². The normalized spacial score (nSPS) is 13.0. The Morgan fingerprint density at radius 2 is 1.65 bits per heavy atom. The van der Waals surface area contributed by atoms with Crippen LogP contribution in [0.25, 0.3) is 10.9 Å². The highest BCUT2D eigenvalue weighted by atomic mass is 19.4. The van der Waals surface area contributed by atoms with Gasteiger partial charge in [0.15, 0.2) is 0 Å². The summed E-state index contributed by atoms with van der Waals surface area (Å²) in [6, 6.07) is 14.5. The van der Waals surface area contributed by atoms with Gasteiger partial charge in [-0.05, 0) is 35.4 Å². The molecule has 0 radical (unpaired) electrons. The van der Waals surface area contributed by atoms with Gasteiger partial charge in [-0.1, -0.05) is 30.3 Å². The van der Waals surface area contributed by atoms with E-state index >= 15 is 0 Å². The molecule has 0 aliphatic rings. The lowest BCUT2D eigenvalue weighted by Crippen LogP contribution is -2.17. The summed E-state index contributed by atoms with van der Waals surface area (Å²) >= 11 is 0. The van der Waals surface area contributed by atoms with Crippen molar-refractivity contribution in [2.45, 2.75) is 12.4 Å². The van der Waals surface area contributed by atoms with Gasteiger partial charge in [-0.25, -0.2) is 0 Å². The number of aromatic nitrogens is 1. The van der Waals surface area contributed by atoms with Crippen molar-refractivity contribution in [3.8, 4) is 5.75 Å². The average Bonchev–Trinajstić information content (AvgIpc) is 2.53. The molecule has 0 aliphatic carbocycles. The second-order valence-corrected chi connectivity index (χ2v) is 5.01. The molecule has 0 spiro atoms. The molecule has 3 nitrogen and oxygen atoms in total. The Morgan fingerprint density at radius 3 is 2.35 bits per heavy atom. The number of fused-ring (bicyclic) bond motifs is 1. The zero-order chi connectivity index (χ0) is 16.4. The highest BCUT2D eigenvalue weighted by molar-refractivity contribution is 5.82. The van der Waals surface area contributed by atoms with Crippen molar-refractivity contribution in [3.05, 3.63) is 71.9 Å². The molecule has 3 rings (SSSR count). The van der Waals surface area contributed by atoms with Crippen molar-refractivity contribution in [3.63, 3.8) is 0 Å². The van der Waals surface area contributed by atoms with Gasteiger partial charge in [0.05, 0.1) is 11.6 Å². The van der Waals surface area contributed by atoms with Gasteiger partial charge in [0.1, 0.15) is 5.75 Å². The van der Waals surface area contributed by atoms with E-state index in [9.17, 15) is 13.2 Å². The van der Waals surface area contributed by atoms with Crippen molar-refractivity contribution < 1.29 is 17.9 Å². The molecule has 0 amide bonds. The summed E-state index contributed by atoms with van der Waals surface area (Å²) in [4.78, 5) is 4.27. The Labute approximate surface area is 130 Å². The van der Waals surface area contributed by atoms with E-state index in [-0.39, 0.29) is 5.75 Å². The second-order valence-electron chi connectivity index (χ2n) is 5.01. The van der Waals surface area contributed by atoms with E-state index in [0.29, 0.717) is 5.56 Å². The molecule has 0 unspecified atom stereocenters. The van der Waals surface area contributed by atoms with E-state index in [0.717, 1.165) is 16.5 Å². The molecule has 118 valence electrons. The maximum atomic E-state index is 12.2. The van der Waals surface area contributed by atoms with E-state index < -0.39 is 12.4 Å². The number of nitrogens with two attached hydrogens (primary N) is 1. The number of hydrogen-bond acceptors (Lipinski definition) is 3. The van der Waals surface area contributed by atoms with Gasteiger partial charge >= 0.3 is 6.36 Å². The fourth-order valence-corrected chi connectivity index (χ4v) is 2.45. The standard InChI is InChI=1S/C17H13F3N2O/c18-17(19,20)23-12-7-5-11(6-8-12)16(21)14-9-10-22-15-4-2-1-3-13(14)15/h1-10,16H,21H2/t16-/m1/s1. The molecular formula is C17H13F3N2O. The number of hydrogen-bond donors (Lipinski definition) is 1. The van der Waals surface area contributed by atoms with Gasteiger partial charge in [0.25, 0.3) is 0 Å². The minimum Gasteiger partial charge on any atom is -0.406 e. The molecule has 0 aliphatic heterocycles. The highest BCUT2D eigenvalue weighted by Gasteiger charge is 2.31. The van der Waals surface area contributed by atoms with E-state index in [1.807, 2.05) is 30.3 Å². The number of halogens is 3. The summed E-state index contributed by atoms with van der Waals surface area (Å²) in [5.41, 5.74) is 8.64. The fraction of sp³-hybridized carbons (Fsp3) is 0.118. The lowest BCUT2D eigenvalue weighted by atomic mass is 9.96. The van der Waals surface area contributed by atoms with Crippen molar-refractivity contribution in [2.24, 2.45) is 5.73 Å². The van der Waals surface area contributed by atoms with Crippen molar-refractivity contribution >= 4 is 10.9 Å². The van der Waals surface area contributed by atoms with Gasteiger partial charge in [-0.3, -0.25) is 4.98 Å². The monoisotopic (exact) mass is 318 g/mol. The molecule has 0 saturated carbocycles. The van der Waals surface area contributed by atoms with E-state index in [4.69, 9.17) is 5.73 Å². The largest absolute Gasteiger partial charge is 0.573 e. The maximum absolute atomic E-state index is 12.2. The van der Waals surface area contributed by atoms with Gasteiger partial charge in [-0.15, -0.1) is 13.2 Å². The topological polar surface area (TPSA) is 48.1 Å². The predicted molar refractivity (Wildman–Crippen MR) is 80.9 cm³/mol. The minimum absolute atomic E-state index is 0.270. The first kappa shape index (κ1) is 15.3. The van der Waals surface area contributed by atoms with Crippen LogP contribution < -0.4 is 10.5 Å². The van der Waals surface area contributed by atoms with Crippen LogP contribution in [-0.2, 0) is 0 Å². The fourth-order valence-electron chi connectivity index (χ4n) is 2.45. The number of pyridine rings is 1. The summed E-state index contributed by atoms with van der Waals surface area (Å²) in [5, 5.41) is 0.915. The number of para-hydroxylation sites is 1. The quantitative estimate of drug-likeness (QED) is 0.788. The molecular weight excluding hydrogens is 305 g/mol. The van der Waals surface area contributed by atoms with Gasteiger partial charge in [-0.2, -0.15) is 0 Å². The number of ether oxygens (including phenoxy) is 1. The lowest BCUT2D eigenvalue weighted by Gasteiger charge is -2.16. The Balaban J connectivity index is 1.92. The molecule has 2 N–H and O–H groups in total. The molecule has 2 aromatic carbocycles. The van der Waals surface area contributed by atoms with Crippen LogP contribution >= 0.6 is 0 Å². The van der Waals surface area contributed by atoms with Crippen LogP contribution in [0.15, 0.2) is 60.8 Å². The van der Waals surface area contributed by atoms with Crippen LogP contribution in [0.4, 0.5) is 13.2 Å². The highest BCUT2D eigenvalue weighted by Crippen LogP contribution is 2.28. The molecule has 0 bridgehead atoms. The first-order valence-electron chi connectivity index (χ1n) is 6.89. The number of alkyl halides is 3. The zero-order valence-corrected chi connectivity index (χ0v) is 11.9. The van der Waals surface area contributed by atoms with Crippen LogP contribution in [-0.4, -0.2) is 11.3 Å². The maximum Gasteiger partial charge on any atom is 0.573 e. The van der Waals surface area contributed by atoms with Gasteiger partial charge < -0.3 is 10.5 Å². The minimum atomic E-state index is -4.70. The summed E-state index contributed by atoms with van der Waals surface area (Å²) in [7, 11) is 0. The molecule has 1 aromatic heterocycles. The zero-order valence-electron chi connectivity index (χ0n) is 11.9. The number of benzene rings is 2. The average molecular weight is 318 g/mol. The Morgan fingerprint density at radius 1 is 0.957 bits per heavy atom. The van der Waals surface area contributed by atoms with Crippen molar-refractivity contribution in [1.29, 1.82) is 0 Å². The van der Waals surface area contributed by atoms with Crippen molar-refractivity contribution in [1.82, 2.24) is 4.98 Å². The van der Waals surface area contributed by atoms with E-state index in [2.05, 4.69) is 9.72 Å². The molecule has 23 heavy (non-hydrogen) atoms. The Kier molecular flexibility index (Phi) is 3.92. The molecule has 6 heteroatoms. The van der Waals surface area contributed by atoms with Crippen LogP contribution in [0, 0.1) is 0 Å². The third-order valence-electron chi connectivity index (χ3n) is 3.49. The van der Waals surface area contributed by atoms with Gasteiger partial charge in [0, 0.05) is 11.6 Å². The summed E-state index contributed by atoms with van der Waals surface area (Å²) < 4.78 is 40.4. The number of rotatable bonds is 3. The smallest absolute Gasteiger partial charge is 0.406 e. The third-order valence-corrected chi connectivity index (χ3v) is 3.49. The summed E-state index contributed by atoms with van der Waals surface area (Å²) in [6.45, 7) is 0. The first-order valence-corrected chi connectivity index (χ1v) is 6.89. The lowest BCUT2D eigenvalue weighted by molar-refractivity contribution is -0.274. The molecule has 0 fully saturated rings. The Bertz CT molecular complexity index is 811. The van der Waals surface area contributed by atoms with E-state index in [1.165, 1.54) is 24.3 Å². The second kappa shape index (κ2) is 5.89. The summed E-state index contributed by atoms with van der Waals surface area (Å²) in [5.74, 6) is -0.270. The molecule has 3 aromatic rings. The third kappa shape index (κ3) is 3.43. The van der Waals surface area contributed by atoms with Crippen LogP contribution in [0.5, 0.6) is 5.75 Å². The summed E-state index contributed by atoms with van der Waals surface area (Å²) in [6.07, 6.45) is -3.04. The van der Waals surface area contributed by atoms with Crippen LogP contribution in [0.3, 0.4) is 0 Å². The van der Waals surface area contributed by atoms with Crippen LogP contribution in [0.2, 0.25) is 0 Å². The molecule has 1 atom stereocenters. The molecule has 1 heterocycles. The SMILES string of the molecule is N[C@H](c1ccc(OC(F)(F)F)cc1)c1ccnc2ccccc12. The predicted octanol–water partition coefficient (Wildman–Crippen LogP) is 4.18. The van der Waals surface area contributed by atoms with Crippen molar-refractivity contribution in [2.75, 3.05) is 0 Å². The van der Waals surface area contributed by atoms with Crippen LogP contribution in [0.1, 0.15) is 17.2 Å². The first-order chi connectivity index (χ1) is 10.9. The number of nitrogens with zero attached hydrogens (tertiary/aromatic N) is 1. The molecule has 0 saturated heterocycles. The van der Waals surface area contributed by atoms with Gasteiger partial charge in [0.2, 0.25) is 0 Å².